The largest absolute Gasteiger partial charge is 0.484 e. The second kappa shape index (κ2) is 10.6. The van der Waals surface area contributed by atoms with Gasteiger partial charge in [-0.2, -0.15) is 0 Å². The van der Waals surface area contributed by atoms with Crippen LogP contribution in [0, 0.1) is 0 Å². The average Bonchev–Trinajstić information content (AvgIpc) is 3.33. The van der Waals surface area contributed by atoms with Crippen molar-refractivity contribution in [2.45, 2.75) is 26.7 Å². The number of ether oxygens (including phenoxy) is 1. The number of anilines is 1. The number of hydrogen-bond acceptors (Lipinski definition) is 4. The van der Waals surface area contributed by atoms with E-state index in [4.69, 9.17) is 4.74 Å². The number of carbonyl (C=O) groups is 2. The summed E-state index contributed by atoms with van der Waals surface area (Å²) in [5.74, 6) is 0.542. The quantitative estimate of drug-likeness (QED) is 0.457. The van der Waals surface area contributed by atoms with Crippen LogP contribution in [-0.4, -0.2) is 49.4 Å². The Morgan fingerprint density at radius 1 is 0.967 bits per heavy atom. The zero-order valence-corrected chi connectivity index (χ0v) is 17.8. The van der Waals surface area contributed by atoms with E-state index in [1.165, 1.54) is 5.69 Å². The molecule has 1 fully saturated rings. The van der Waals surface area contributed by atoms with Gasteiger partial charge in [-0.1, -0.05) is 18.2 Å². The molecule has 0 unspecified atom stereocenters. The highest BCUT2D eigenvalue weighted by Gasteiger charge is 2.18. The molecule has 158 valence electrons. The van der Waals surface area contributed by atoms with E-state index < -0.39 is 0 Å². The minimum atomic E-state index is -0.0671. The fourth-order valence-electron chi connectivity index (χ4n) is 3.57. The zero-order valence-electron chi connectivity index (χ0n) is 17.8. The van der Waals surface area contributed by atoms with Gasteiger partial charge in [0.1, 0.15) is 5.75 Å². The maximum Gasteiger partial charge on any atom is 0.260 e. The third-order valence-electron chi connectivity index (χ3n) is 5.41. The highest BCUT2D eigenvalue weighted by molar-refractivity contribution is 6.06. The van der Waals surface area contributed by atoms with Gasteiger partial charge in [-0.15, -0.1) is 0 Å². The number of ketones is 1. The number of rotatable bonds is 9. The first-order valence-corrected chi connectivity index (χ1v) is 10.7. The molecule has 5 nitrogen and oxygen atoms in total. The Morgan fingerprint density at radius 2 is 1.60 bits per heavy atom. The molecule has 1 saturated heterocycles. The van der Waals surface area contributed by atoms with Crippen LogP contribution in [-0.2, 0) is 4.79 Å². The summed E-state index contributed by atoms with van der Waals surface area (Å²) in [6.45, 7) is 7.89. The molecule has 0 aliphatic carbocycles. The van der Waals surface area contributed by atoms with Crippen molar-refractivity contribution >= 4 is 23.5 Å². The minimum Gasteiger partial charge on any atom is -0.484 e. The molecule has 1 aliphatic heterocycles. The molecular formula is C25H30N2O3. The molecule has 30 heavy (non-hydrogen) atoms. The lowest BCUT2D eigenvalue weighted by molar-refractivity contribution is -0.132. The van der Waals surface area contributed by atoms with Crippen LogP contribution in [0.15, 0.2) is 54.6 Å². The van der Waals surface area contributed by atoms with Crippen LogP contribution in [0.25, 0.3) is 6.08 Å². The number of likely N-dealkylation sites (tertiary alicyclic amines) is 1. The first-order chi connectivity index (χ1) is 14.6. The molecule has 0 atom stereocenters. The van der Waals surface area contributed by atoms with Crippen molar-refractivity contribution in [2.75, 3.05) is 37.7 Å². The summed E-state index contributed by atoms with van der Waals surface area (Å²) >= 11 is 0. The van der Waals surface area contributed by atoms with Crippen LogP contribution >= 0.6 is 0 Å². The van der Waals surface area contributed by atoms with Gasteiger partial charge in [-0.05, 0) is 74.7 Å². The molecule has 0 aromatic heterocycles. The Morgan fingerprint density at radius 3 is 2.20 bits per heavy atom. The van der Waals surface area contributed by atoms with Crippen molar-refractivity contribution in [2.24, 2.45) is 0 Å². The topological polar surface area (TPSA) is 49.9 Å². The lowest BCUT2D eigenvalue weighted by Gasteiger charge is -2.20. The molecule has 3 rings (SSSR count). The van der Waals surface area contributed by atoms with Crippen molar-refractivity contribution in [3.8, 4) is 5.75 Å². The highest BCUT2D eigenvalue weighted by Crippen LogP contribution is 2.17. The summed E-state index contributed by atoms with van der Waals surface area (Å²) in [5.41, 5.74) is 2.76. The van der Waals surface area contributed by atoms with Gasteiger partial charge in [-0.3, -0.25) is 9.59 Å². The van der Waals surface area contributed by atoms with Crippen molar-refractivity contribution in [1.82, 2.24) is 4.90 Å². The summed E-state index contributed by atoms with van der Waals surface area (Å²) in [7, 11) is 0. The Hall–Kier alpha value is -3.08. The predicted octanol–water partition coefficient (Wildman–Crippen LogP) is 4.43. The molecule has 0 N–H and O–H groups in total. The predicted molar refractivity (Wildman–Crippen MR) is 121 cm³/mol. The summed E-state index contributed by atoms with van der Waals surface area (Å²) in [5, 5.41) is 0. The SMILES string of the molecule is CCN(CC)c1ccc(/C=C/C(=O)c2ccc(OCC(=O)N3CCCC3)cc2)cc1. The van der Waals surface area contributed by atoms with E-state index in [2.05, 4.69) is 30.9 Å². The zero-order chi connectivity index (χ0) is 21.3. The van der Waals surface area contributed by atoms with E-state index in [0.29, 0.717) is 11.3 Å². The van der Waals surface area contributed by atoms with Crippen LogP contribution in [0.5, 0.6) is 5.75 Å². The molecule has 1 amide bonds. The van der Waals surface area contributed by atoms with Gasteiger partial charge < -0.3 is 14.5 Å². The molecule has 5 heteroatoms. The van der Waals surface area contributed by atoms with E-state index in [1.54, 1.807) is 30.3 Å². The number of carbonyl (C=O) groups excluding carboxylic acids is 2. The van der Waals surface area contributed by atoms with Crippen molar-refractivity contribution < 1.29 is 14.3 Å². The first kappa shape index (κ1) is 21.6. The van der Waals surface area contributed by atoms with E-state index in [1.807, 2.05) is 23.1 Å². The van der Waals surface area contributed by atoms with Crippen LogP contribution in [0.1, 0.15) is 42.6 Å². The van der Waals surface area contributed by atoms with Gasteiger partial charge in [0.05, 0.1) is 0 Å². The molecule has 2 aromatic rings. The normalized spacial score (nSPS) is 13.6. The van der Waals surface area contributed by atoms with Crippen LogP contribution in [0.3, 0.4) is 0 Å². The fourth-order valence-corrected chi connectivity index (χ4v) is 3.57. The van der Waals surface area contributed by atoms with Gasteiger partial charge in [-0.25, -0.2) is 0 Å². The third-order valence-corrected chi connectivity index (χ3v) is 5.41. The summed E-state index contributed by atoms with van der Waals surface area (Å²) in [6, 6.07) is 15.1. The molecule has 1 heterocycles. The first-order valence-electron chi connectivity index (χ1n) is 10.7. The Labute approximate surface area is 178 Å². The molecule has 0 radical (unpaired) electrons. The smallest absolute Gasteiger partial charge is 0.260 e. The summed E-state index contributed by atoms with van der Waals surface area (Å²) in [6.07, 6.45) is 5.54. The van der Waals surface area contributed by atoms with Crippen LogP contribution < -0.4 is 9.64 Å². The third kappa shape index (κ3) is 5.72. The van der Waals surface area contributed by atoms with Crippen LogP contribution in [0.4, 0.5) is 5.69 Å². The van der Waals surface area contributed by atoms with E-state index in [9.17, 15) is 9.59 Å². The molecule has 2 aromatic carbocycles. The Bertz CT molecular complexity index is 862. The van der Waals surface area contributed by atoms with Gasteiger partial charge in [0, 0.05) is 37.4 Å². The van der Waals surface area contributed by atoms with Crippen molar-refractivity contribution in [3.05, 3.63) is 65.7 Å². The van der Waals surface area contributed by atoms with Crippen LogP contribution in [0.2, 0.25) is 0 Å². The number of benzene rings is 2. The van der Waals surface area contributed by atoms with E-state index in [0.717, 1.165) is 44.6 Å². The number of amides is 1. The maximum absolute atomic E-state index is 12.4. The summed E-state index contributed by atoms with van der Waals surface area (Å²) < 4.78 is 5.57. The number of hydrogen-bond donors (Lipinski definition) is 0. The summed E-state index contributed by atoms with van der Waals surface area (Å²) in [4.78, 5) is 28.6. The Balaban J connectivity index is 1.53. The fraction of sp³-hybridized carbons (Fsp3) is 0.360. The lowest BCUT2D eigenvalue weighted by Crippen LogP contribution is -2.32. The molecule has 0 saturated carbocycles. The van der Waals surface area contributed by atoms with Crippen molar-refractivity contribution in [1.29, 1.82) is 0 Å². The molecule has 0 spiro atoms. The average molecular weight is 407 g/mol. The molecular weight excluding hydrogens is 376 g/mol. The Kier molecular flexibility index (Phi) is 7.66. The van der Waals surface area contributed by atoms with Gasteiger partial charge >= 0.3 is 0 Å². The second-order valence-corrected chi connectivity index (χ2v) is 7.36. The van der Waals surface area contributed by atoms with Gasteiger partial charge in [0.2, 0.25) is 0 Å². The number of allylic oxidation sites excluding steroid dienone is 1. The molecule has 0 bridgehead atoms. The maximum atomic E-state index is 12.4. The lowest BCUT2D eigenvalue weighted by atomic mass is 10.1. The van der Waals surface area contributed by atoms with Crippen molar-refractivity contribution in [3.63, 3.8) is 0 Å². The highest BCUT2D eigenvalue weighted by atomic mass is 16.5. The number of nitrogens with zero attached hydrogens (tertiary/aromatic N) is 2. The minimum absolute atomic E-state index is 0.0163. The van der Waals surface area contributed by atoms with Gasteiger partial charge in [0.15, 0.2) is 12.4 Å². The monoisotopic (exact) mass is 406 g/mol. The molecule has 1 aliphatic rings. The second-order valence-electron chi connectivity index (χ2n) is 7.36. The standard InChI is InChI=1S/C25H30N2O3/c1-3-26(4-2)22-12-7-20(8-13-22)9-16-24(28)21-10-14-23(15-11-21)30-19-25(29)27-17-5-6-18-27/h7-16H,3-6,17-19H2,1-2H3/b16-9+. The van der Waals surface area contributed by atoms with Gasteiger partial charge in [0.25, 0.3) is 5.91 Å². The van der Waals surface area contributed by atoms with E-state index in [-0.39, 0.29) is 18.3 Å². The van der Waals surface area contributed by atoms with E-state index >= 15 is 0 Å².